The van der Waals surface area contributed by atoms with E-state index in [0.29, 0.717) is 5.69 Å². The normalized spacial score (nSPS) is 17.1. The van der Waals surface area contributed by atoms with Crippen LogP contribution in [0.15, 0.2) is 53.3 Å². The maximum Gasteiger partial charge on any atom is 0.425 e. The number of alkyl halides is 3. The summed E-state index contributed by atoms with van der Waals surface area (Å²) in [5.41, 5.74) is -5.15. The van der Waals surface area contributed by atoms with Gasteiger partial charge in [-0.25, -0.2) is 0 Å². The second-order valence-corrected chi connectivity index (χ2v) is 7.90. The number of hydrogen-bond acceptors (Lipinski definition) is 5. The smallest absolute Gasteiger partial charge is 0.425 e. The Morgan fingerprint density at radius 1 is 1.15 bits per heavy atom. The quantitative estimate of drug-likeness (QED) is 0.487. The zero-order valence-electron chi connectivity index (χ0n) is 17.7. The Morgan fingerprint density at radius 3 is 2.50 bits per heavy atom. The third-order valence-electron chi connectivity index (χ3n) is 5.40. The van der Waals surface area contributed by atoms with E-state index >= 15 is 0 Å². The first kappa shape index (κ1) is 23.2. The summed E-state index contributed by atoms with van der Waals surface area (Å²) < 4.78 is 49.7. The number of aromatic nitrogens is 2. The molecule has 0 unspecified atom stereocenters. The van der Waals surface area contributed by atoms with Gasteiger partial charge in [0.25, 0.3) is 22.9 Å². The molecule has 0 saturated carbocycles. The van der Waals surface area contributed by atoms with E-state index in [1.807, 2.05) is 0 Å². The van der Waals surface area contributed by atoms with E-state index in [1.54, 1.807) is 36.5 Å². The van der Waals surface area contributed by atoms with Gasteiger partial charge in [-0.05, 0) is 49.0 Å². The summed E-state index contributed by atoms with van der Waals surface area (Å²) in [6.07, 6.45) is -5.39. The Labute approximate surface area is 195 Å². The molecule has 3 aromatic rings. The second-order valence-electron chi connectivity index (χ2n) is 7.51. The molecule has 2 amide bonds. The number of amides is 2. The van der Waals surface area contributed by atoms with Gasteiger partial charge in [-0.2, -0.15) is 13.2 Å². The summed E-state index contributed by atoms with van der Waals surface area (Å²) in [7, 11) is 1.24. The number of nitrogens with zero attached hydrogens (tertiary/aromatic N) is 1. The molecule has 0 radical (unpaired) electrons. The van der Waals surface area contributed by atoms with Crippen LogP contribution < -0.4 is 20.9 Å². The summed E-state index contributed by atoms with van der Waals surface area (Å²) in [6.45, 7) is 1.76. The van der Waals surface area contributed by atoms with Crippen molar-refractivity contribution in [3.05, 3.63) is 80.3 Å². The highest BCUT2D eigenvalue weighted by molar-refractivity contribution is 7.71. The second kappa shape index (κ2) is 8.13. The fourth-order valence-electron chi connectivity index (χ4n) is 3.86. The van der Waals surface area contributed by atoms with E-state index < -0.39 is 40.5 Å². The first-order chi connectivity index (χ1) is 16.0. The van der Waals surface area contributed by atoms with Crippen molar-refractivity contribution in [2.45, 2.75) is 18.6 Å². The highest BCUT2D eigenvalue weighted by Crippen LogP contribution is 2.46. The highest BCUT2D eigenvalue weighted by Gasteiger charge is 2.68. The molecule has 8 nitrogen and oxygen atoms in total. The molecule has 3 N–H and O–H groups in total. The molecule has 1 aliphatic heterocycles. The summed E-state index contributed by atoms with van der Waals surface area (Å²) in [4.78, 5) is 40.9. The van der Waals surface area contributed by atoms with E-state index in [1.165, 1.54) is 31.4 Å². The molecule has 2 aromatic carbocycles. The van der Waals surface area contributed by atoms with E-state index in [4.69, 9.17) is 17.0 Å². The minimum absolute atomic E-state index is 0.0133. The van der Waals surface area contributed by atoms with E-state index in [2.05, 4.69) is 10.3 Å². The van der Waals surface area contributed by atoms with Crippen LogP contribution in [0, 0.1) is 11.7 Å². The Kier molecular flexibility index (Phi) is 5.56. The molecule has 176 valence electrons. The van der Waals surface area contributed by atoms with Gasteiger partial charge in [0.1, 0.15) is 17.1 Å². The van der Waals surface area contributed by atoms with E-state index in [-0.39, 0.29) is 16.1 Å². The Balaban J connectivity index is 1.99. The van der Waals surface area contributed by atoms with Crippen molar-refractivity contribution in [3.8, 4) is 11.4 Å². The lowest BCUT2D eigenvalue weighted by Crippen LogP contribution is -2.61. The van der Waals surface area contributed by atoms with Gasteiger partial charge in [-0.15, -0.1) is 0 Å². The molecular weight excluding hydrogens is 473 g/mol. The SMILES string of the molecule is COc1ccccc1C(=O)N[C@]1(C(F)(F)F)C(=O)Nc2c1c(=O)[nH]c(=S)n2-c1cccc(C)c1. The molecule has 0 aliphatic carbocycles. The molecule has 0 bridgehead atoms. The lowest BCUT2D eigenvalue weighted by Gasteiger charge is -2.30. The molecule has 0 saturated heterocycles. The van der Waals surface area contributed by atoms with Crippen molar-refractivity contribution < 1.29 is 27.5 Å². The van der Waals surface area contributed by atoms with Crippen molar-refractivity contribution in [3.63, 3.8) is 0 Å². The molecule has 2 heterocycles. The number of carbonyl (C=O) groups excluding carboxylic acids is 2. The number of benzene rings is 2. The summed E-state index contributed by atoms with van der Waals surface area (Å²) in [5, 5.41) is 3.88. The first-order valence-corrected chi connectivity index (χ1v) is 10.2. The van der Waals surface area contributed by atoms with Gasteiger partial charge >= 0.3 is 6.18 Å². The number of fused-ring (bicyclic) bond motifs is 1. The number of aryl methyl sites for hydroxylation is 1. The van der Waals surface area contributed by atoms with Gasteiger partial charge in [0, 0.05) is 0 Å². The maximum atomic E-state index is 14.6. The fraction of sp³-hybridized carbons (Fsp3) is 0.182. The van der Waals surface area contributed by atoms with Crippen molar-refractivity contribution in [2.24, 2.45) is 0 Å². The van der Waals surface area contributed by atoms with Crippen molar-refractivity contribution in [2.75, 3.05) is 12.4 Å². The number of carbonyl (C=O) groups is 2. The molecule has 1 aliphatic rings. The van der Waals surface area contributed by atoms with Crippen LogP contribution in [0.25, 0.3) is 5.69 Å². The molecule has 0 fully saturated rings. The third-order valence-corrected chi connectivity index (χ3v) is 5.68. The van der Waals surface area contributed by atoms with Crippen molar-refractivity contribution in [1.29, 1.82) is 0 Å². The Hall–Kier alpha value is -3.93. The number of methoxy groups -OCH3 is 1. The highest BCUT2D eigenvalue weighted by atomic mass is 32.1. The number of rotatable bonds is 4. The van der Waals surface area contributed by atoms with Crippen LogP contribution in [0.5, 0.6) is 5.75 Å². The average Bonchev–Trinajstić information content (AvgIpc) is 3.06. The first-order valence-electron chi connectivity index (χ1n) is 9.82. The summed E-state index contributed by atoms with van der Waals surface area (Å²) >= 11 is 5.18. The molecule has 4 rings (SSSR count). The predicted octanol–water partition coefficient (Wildman–Crippen LogP) is 3.35. The van der Waals surface area contributed by atoms with Crippen molar-refractivity contribution in [1.82, 2.24) is 14.9 Å². The van der Waals surface area contributed by atoms with E-state index in [0.717, 1.165) is 10.1 Å². The van der Waals surface area contributed by atoms with Gasteiger partial charge in [0.15, 0.2) is 4.77 Å². The summed E-state index contributed by atoms with van der Waals surface area (Å²) in [5.74, 6) is -3.41. The largest absolute Gasteiger partial charge is 0.496 e. The molecule has 1 aromatic heterocycles. The topological polar surface area (TPSA) is 105 Å². The Bertz CT molecular complexity index is 1450. The Morgan fingerprint density at radius 2 is 1.85 bits per heavy atom. The molecule has 0 spiro atoms. The van der Waals surface area contributed by atoms with Crippen LogP contribution in [-0.4, -0.2) is 34.7 Å². The van der Waals surface area contributed by atoms with Crippen LogP contribution >= 0.6 is 12.2 Å². The lowest BCUT2D eigenvalue weighted by molar-refractivity contribution is -0.196. The van der Waals surface area contributed by atoms with Crippen molar-refractivity contribution >= 4 is 29.9 Å². The number of halogens is 3. The van der Waals surface area contributed by atoms with Crippen LogP contribution in [0.3, 0.4) is 0 Å². The lowest BCUT2D eigenvalue weighted by atomic mass is 9.91. The van der Waals surface area contributed by atoms with Gasteiger partial charge in [0.2, 0.25) is 0 Å². The number of H-pyrrole nitrogens is 1. The van der Waals surface area contributed by atoms with Gasteiger partial charge in [-0.3, -0.25) is 23.9 Å². The van der Waals surface area contributed by atoms with Gasteiger partial charge in [0.05, 0.1) is 18.4 Å². The molecule has 34 heavy (non-hydrogen) atoms. The minimum Gasteiger partial charge on any atom is -0.496 e. The van der Waals surface area contributed by atoms with Crippen LogP contribution in [0.1, 0.15) is 21.5 Å². The number of anilines is 1. The zero-order chi connectivity index (χ0) is 24.8. The number of aromatic amines is 1. The summed E-state index contributed by atoms with van der Waals surface area (Å²) in [6, 6.07) is 12.1. The average molecular weight is 490 g/mol. The number of nitrogens with one attached hydrogen (secondary N) is 3. The monoisotopic (exact) mass is 490 g/mol. The zero-order valence-corrected chi connectivity index (χ0v) is 18.6. The molecule has 12 heteroatoms. The number of para-hydroxylation sites is 1. The number of ether oxygens (including phenoxy) is 1. The van der Waals surface area contributed by atoms with Crippen LogP contribution in [-0.2, 0) is 10.3 Å². The van der Waals surface area contributed by atoms with Gasteiger partial charge < -0.3 is 15.4 Å². The third kappa shape index (κ3) is 3.46. The molecular formula is C22H17F3N4O4S. The van der Waals surface area contributed by atoms with E-state index in [9.17, 15) is 27.6 Å². The minimum atomic E-state index is -5.39. The molecule has 1 atom stereocenters. The van der Waals surface area contributed by atoms with Crippen LogP contribution in [0.2, 0.25) is 0 Å². The van der Waals surface area contributed by atoms with Crippen LogP contribution in [0.4, 0.5) is 19.0 Å². The predicted molar refractivity (Wildman–Crippen MR) is 119 cm³/mol. The van der Waals surface area contributed by atoms with Gasteiger partial charge in [-0.1, -0.05) is 24.3 Å². The number of hydrogen-bond donors (Lipinski definition) is 3. The maximum absolute atomic E-state index is 14.6. The fourth-order valence-corrected chi connectivity index (χ4v) is 4.15. The standard InChI is InChI=1S/C22H17F3N4O4S/c1-11-6-5-7-12(10-11)29-16-15(18(31)27-20(29)34)21(19(32)26-16,22(23,24)25)28-17(30)13-8-3-4-9-14(13)33-2/h3-10H,1-2H3,(H,26,32)(H,28,30)(H,27,31,34)/t21-/m0/s1.